The Morgan fingerprint density at radius 2 is 1.47 bits per heavy atom. The lowest BCUT2D eigenvalue weighted by Crippen LogP contribution is -2.59. The first kappa shape index (κ1) is 31.7. The molecule has 4 aromatic rings. The van der Waals surface area contributed by atoms with Gasteiger partial charge in [-0.15, -0.1) is 0 Å². The Labute approximate surface area is 258 Å². The van der Waals surface area contributed by atoms with Gasteiger partial charge < -0.3 is 14.7 Å². The Morgan fingerprint density at radius 3 is 1.98 bits per heavy atom. The molecule has 0 spiro atoms. The Kier molecular flexibility index (Phi) is 10.4. The van der Waals surface area contributed by atoms with E-state index in [1.165, 1.54) is 18.2 Å². The molecule has 0 radical (unpaired) electrons. The van der Waals surface area contributed by atoms with Gasteiger partial charge in [-0.2, -0.15) is 5.26 Å². The summed E-state index contributed by atoms with van der Waals surface area (Å²) in [4.78, 5) is 53.2. The van der Waals surface area contributed by atoms with Crippen LogP contribution < -0.4 is 26.7 Å². The molecule has 10 nitrogen and oxygen atoms in total. The van der Waals surface area contributed by atoms with Crippen molar-refractivity contribution in [3.8, 4) is 6.07 Å². The van der Waals surface area contributed by atoms with Crippen LogP contribution in [-0.2, 0) is 27.4 Å². The predicted molar refractivity (Wildman–Crippen MR) is 172 cm³/mol. The van der Waals surface area contributed by atoms with Crippen molar-refractivity contribution in [3.63, 3.8) is 0 Å². The molecule has 0 aliphatic rings. The fourth-order valence-electron chi connectivity index (χ4n) is 4.69. The Balaban J connectivity index is 1.79. The van der Waals surface area contributed by atoms with Crippen LogP contribution in [0.1, 0.15) is 12.5 Å². The minimum absolute atomic E-state index is 0.0562. The predicted octanol–water partition coefficient (Wildman–Crippen LogP) is 3.48. The standard InChI is InChI=1S/C35H30N4O6/c1-3-22-45-35(44)30(23-36)32-37(4-2)33(42)29(34(43)38(32)24-31(40)41)17-11-12-25-18-20-28(21-19-25)39(26-13-7-5-8-14-26)27-15-9-6-10-16-27/h3,5-21H,1,4,22,24H2,2H3,(H,40,41). The van der Waals surface area contributed by atoms with Crippen molar-refractivity contribution >= 4 is 46.7 Å². The summed E-state index contributed by atoms with van der Waals surface area (Å²) in [6.45, 7) is 3.84. The molecule has 3 aromatic carbocycles. The smallest absolute Gasteiger partial charge is 0.353 e. The molecule has 0 amide bonds. The number of anilines is 3. The fraction of sp³-hybridized carbons (Fsp3) is 0.114. The molecule has 1 heterocycles. The minimum atomic E-state index is -1.40. The number of carbonyl (C=O) groups excluding carboxylic acids is 1. The van der Waals surface area contributed by atoms with Crippen LogP contribution in [0.2, 0.25) is 0 Å². The van der Waals surface area contributed by atoms with E-state index in [0.29, 0.717) is 0 Å². The molecule has 0 bridgehead atoms. The summed E-state index contributed by atoms with van der Waals surface area (Å²) in [6.07, 6.45) is 5.78. The van der Waals surface area contributed by atoms with E-state index < -0.39 is 40.7 Å². The summed E-state index contributed by atoms with van der Waals surface area (Å²) in [6, 6.07) is 29.2. The van der Waals surface area contributed by atoms with E-state index in [0.717, 1.165) is 31.8 Å². The summed E-state index contributed by atoms with van der Waals surface area (Å²) in [5, 5.41) is 18.9. The second-order valence-corrected chi connectivity index (χ2v) is 9.57. The number of aliphatic carboxylic acids is 1. The third-order valence-corrected chi connectivity index (χ3v) is 6.68. The molecule has 10 heteroatoms. The molecular weight excluding hydrogens is 572 g/mol. The first-order valence-electron chi connectivity index (χ1n) is 14.0. The van der Waals surface area contributed by atoms with Crippen molar-refractivity contribution in [2.75, 3.05) is 11.5 Å². The number of hydrogen-bond donors (Lipinski definition) is 1. The van der Waals surface area contributed by atoms with Crippen LogP contribution >= 0.6 is 0 Å². The van der Waals surface area contributed by atoms with E-state index >= 15 is 0 Å². The highest BCUT2D eigenvalue weighted by Crippen LogP contribution is 2.34. The molecule has 0 aliphatic carbocycles. The lowest BCUT2D eigenvalue weighted by molar-refractivity contribution is -0.138. The maximum atomic E-state index is 13.4. The lowest BCUT2D eigenvalue weighted by Gasteiger charge is -2.25. The normalized spacial score (nSPS) is 12.0. The molecule has 0 saturated heterocycles. The number of nitriles is 1. The number of carboxylic acids is 1. The number of aromatic nitrogens is 2. The van der Waals surface area contributed by atoms with E-state index in [2.05, 4.69) is 11.5 Å². The monoisotopic (exact) mass is 602 g/mol. The van der Waals surface area contributed by atoms with Crippen LogP contribution in [0.4, 0.5) is 17.1 Å². The molecule has 0 saturated carbocycles. The van der Waals surface area contributed by atoms with Crippen molar-refractivity contribution in [2.24, 2.45) is 0 Å². The quantitative estimate of drug-likeness (QED) is 0.204. The number of para-hydroxylation sites is 2. The topological polar surface area (TPSA) is 135 Å². The molecular formula is C35H30N4O6. The van der Waals surface area contributed by atoms with Gasteiger partial charge in [0.2, 0.25) is 0 Å². The summed E-state index contributed by atoms with van der Waals surface area (Å²) in [7, 11) is 0. The van der Waals surface area contributed by atoms with E-state index in [4.69, 9.17) is 4.74 Å². The Morgan fingerprint density at radius 1 is 0.911 bits per heavy atom. The molecule has 226 valence electrons. The van der Waals surface area contributed by atoms with E-state index in [1.54, 1.807) is 19.1 Å². The van der Waals surface area contributed by atoms with Gasteiger partial charge in [0, 0.05) is 23.6 Å². The number of esters is 1. The second-order valence-electron chi connectivity index (χ2n) is 9.57. The molecule has 1 N–H and O–H groups in total. The zero-order valence-corrected chi connectivity index (χ0v) is 24.5. The van der Waals surface area contributed by atoms with E-state index in [-0.39, 0.29) is 18.4 Å². The molecule has 0 unspecified atom stereocenters. The van der Waals surface area contributed by atoms with Crippen molar-refractivity contribution in [1.29, 1.82) is 5.26 Å². The van der Waals surface area contributed by atoms with Crippen molar-refractivity contribution in [2.45, 2.75) is 20.0 Å². The molecule has 0 aliphatic heterocycles. The number of hydrogen-bond acceptors (Lipinski definition) is 7. The average molecular weight is 603 g/mol. The summed E-state index contributed by atoms with van der Waals surface area (Å²) >= 11 is 0. The van der Waals surface area contributed by atoms with Crippen LogP contribution in [0.15, 0.2) is 113 Å². The Hall–Kier alpha value is -6.21. The van der Waals surface area contributed by atoms with Gasteiger partial charge in [-0.05, 0) is 55.0 Å². The van der Waals surface area contributed by atoms with Gasteiger partial charge in [0.25, 0.3) is 11.1 Å². The van der Waals surface area contributed by atoms with Crippen LogP contribution in [-0.4, -0.2) is 32.8 Å². The maximum Gasteiger partial charge on any atom is 0.353 e. The van der Waals surface area contributed by atoms with Crippen molar-refractivity contribution in [3.05, 3.63) is 141 Å². The fourth-order valence-corrected chi connectivity index (χ4v) is 4.69. The Bertz CT molecular complexity index is 1980. The number of allylic oxidation sites excluding steroid dienone is 1. The molecule has 0 atom stereocenters. The number of carboxylic acid groups (broad SMARTS) is 1. The maximum absolute atomic E-state index is 13.4. The van der Waals surface area contributed by atoms with Crippen molar-refractivity contribution in [1.82, 2.24) is 9.13 Å². The molecule has 1 aromatic heterocycles. The zero-order chi connectivity index (χ0) is 32.3. The number of ether oxygens (including phenoxy) is 1. The van der Waals surface area contributed by atoms with Gasteiger partial charge in [-0.1, -0.05) is 73.3 Å². The highest BCUT2D eigenvalue weighted by atomic mass is 16.5. The first-order valence-corrected chi connectivity index (χ1v) is 14.0. The lowest BCUT2D eigenvalue weighted by atomic mass is 10.1. The molecule has 45 heavy (non-hydrogen) atoms. The van der Waals surface area contributed by atoms with Crippen LogP contribution in [0, 0.1) is 11.3 Å². The van der Waals surface area contributed by atoms with Gasteiger partial charge in [0.15, 0.2) is 5.57 Å². The highest BCUT2D eigenvalue weighted by molar-refractivity contribution is 6.15. The SMILES string of the molecule is C=CCOC(=O)C(C#N)=c1n(CC)c(=O)c(=CC=Cc2ccc(N(c3ccccc3)c3ccccc3)cc2)c(=O)n1CC(=O)O. The highest BCUT2D eigenvalue weighted by Gasteiger charge is 2.20. The van der Waals surface area contributed by atoms with Gasteiger partial charge in [-0.25, -0.2) is 4.79 Å². The summed E-state index contributed by atoms with van der Waals surface area (Å²) < 4.78 is 6.67. The average Bonchev–Trinajstić information content (AvgIpc) is 3.05. The first-order chi connectivity index (χ1) is 21.8. The third-order valence-electron chi connectivity index (χ3n) is 6.68. The molecule has 0 fully saturated rings. The van der Waals surface area contributed by atoms with Gasteiger partial charge >= 0.3 is 11.9 Å². The van der Waals surface area contributed by atoms with E-state index in [9.17, 15) is 29.5 Å². The zero-order valence-electron chi connectivity index (χ0n) is 24.5. The van der Waals surface area contributed by atoms with Crippen LogP contribution in [0.3, 0.4) is 0 Å². The largest absolute Gasteiger partial charge is 0.480 e. The third kappa shape index (κ3) is 7.24. The summed E-state index contributed by atoms with van der Waals surface area (Å²) in [5.41, 5.74) is 0.805. The van der Waals surface area contributed by atoms with Gasteiger partial charge in [0.05, 0.1) is 0 Å². The number of carbonyl (C=O) groups is 2. The van der Waals surface area contributed by atoms with Crippen LogP contribution in [0.5, 0.6) is 0 Å². The van der Waals surface area contributed by atoms with E-state index in [1.807, 2.05) is 84.9 Å². The molecule has 4 rings (SSSR count). The van der Waals surface area contributed by atoms with Crippen molar-refractivity contribution < 1.29 is 19.4 Å². The van der Waals surface area contributed by atoms with Gasteiger partial charge in [-0.3, -0.25) is 23.5 Å². The second kappa shape index (κ2) is 14.8. The van der Waals surface area contributed by atoms with Gasteiger partial charge in [0.1, 0.15) is 29.9 Å². The number of benzene rings is 3. The van der Waals surface area contributed by atoms with Crippen LogP contribution in [0.25, 0.3) is 17.7 Å². The summed E-state index contributed by atoms with van der Waals surface area (Å²) in [5.74, 6) is -2.52. The number of nitrogens with zero attached hydrogens (tertiary/aromatic N) is 4. The number of rotatable bonds is 11. The minimum Gasteiger partial charge on any atom is -0.480 e.